The maximum absolute atomic E-state index is 5.41. The third kappa shape index (κ3) is 5.41. The van der Waals surface area contributed by atoms with Crippen molar-refractivity contribution >= 4 is 65.4 Å². The first-order valence-electron chi connectivity index (χ1n) is 19.3. The van der Waals surface area contributed by atoms with E-state index >= 15 is 0 Å². The van der Waals surface area contributed by atoms with E-state index < -0.39 is 0 Å². The number of pyridine rings is 3. The van der Waals surface area contributed by atoms with Crippen LogP contribution >= 0.6 is 0 Å². The summed E-state index contributed by atoms with van der Waals surface area (Å²) in [6.45, 7) is 0. The molecule has 0 aliphatic heterocycles. The SMILES string of the molecule is c1ccc2nnc(-c3c(-c4nccc5ccccc45)cnc4nc(-c5cnc6ccccc6n5)c(-c5ncc6ccccc6n5)c(-c5nncc6ccccc56)c34)cc2c1. The lowest BCUT2D eigenvalue weighted by molar-refractivity contribution is 1.06. The maximum atomic E-state index is 5.41. The van der Waals surface area contributed by atoms with E-state index in [-0.39, 0.29) is 0 Å². The van der Waals surface area contributed by atoms with Crippen molar-refractivity contribution in [3.8, 4) is 56.5 Å². The lowest BCUT2D eigenvalue weighted by atomic mass is 9.88. The second kappa shape index (κ2) is 13.5. The first kappa shape index (κ1) is 33.6. The summed E-state index contributed by atoms with van der Waals surface area (Å²) in [7, 11) is 0. The number of para-hydroxylation sites is 3. The van der Waals surface area contributed by atoms with Gasteiger partial charge in [-0.2, -0.15) is 5.10 Å². The van der Waals surface area contributed by atoms with Crippen molar-refractivity contribution in [1.82, 2.24) is 55.3 Å². The smallest absolute Gasteiger partial charge is 0.162 e. The number of hydrogen-bond acceptors (Lipinski definition) is 11. The van der Waals surface area contributed by atoms with E-state index in [1.54, 1.807) is 12.4 Å². The second-order valence-electron chi connectivity index (χ2n) is 14.4. The van der Waals surface area contributed by atoms with Gasteiger partial charge in [0, 0.05) is 67.6 Å². The lowest BCUT2D eigenvalue weighted by Crippen LogP contribution is -2.06. The average molecular weight is 770 g/mol. The molecular weight excluding hydrogens is 743 g/mol. The normalized spacial score (nSPS) is 11.7. The molecule has 278 valence electrons. The molecule has 11 heteroatoms. The quantitative estimate of drug-likeness (QED) is 0.165. The minimum Gasteiger partial charge on any atom is -0.256 e. The highest BCUT2D eigenvalue weighted by molar-refractivity contribution is 6.17. The summed E-state index contributed by atoms with van der Waals surface area (Å²) in [5.41, 5.74) is 9.05. The number of aromatic nitrogens is 11. The van der Waals surface area contributed by atoms with Crippen LogP contribution < -0.4 is 0 Å². The predicted molar refractivity (Wildman–Crippen MR) is 234 cm³/mol. The lowest BCUT2D eigenvalue weighted by Gasteiger charge is -2.20. The molecule has 5 aromatic carbocycles. The number of nitrogens with zero attached hydrogens (tertiary/aromatic N) is 11. The van der Waals surface area contributed by atoms with Crippen molar-refractivity contribution < 1.29 is 0 Å². The Morgan fingerprint density at radius 2 is 1.08 bits per heavy atom. The molecule has 12 rings (SSSR count). The highest BCUT2D eigenvalue weighted by Crippen LogP contribution is 2.48. The Labute approximate surface area is 340 Å². The van der Waals surface area contributed by atoms with E-state index in [2.05, 4.69) is 23.3 Å². The molecule has 0 unspecified atom stereocenters. The molecule has 0 saturated carbocycles. The molecular formula is C49H27N11. The van der Waals surface area contributed by atoms with Gasteiger partial charge in [0.05, 0.1) is 51.4 Å². The summed E-state index contributed by atoms with van der Waals surface area (Å²) < 4.78 is 0. The predicted octanol–water partition coefficient (Wildman–Crippen LogP) is 10.3. The molecule has 0 spiro atoms. The molecule has 0 N–H and O–H groups in total. The molecule has 0 amide bonds. The minimum absolute atomic E-state index is 0.419. The van der Waals surface area contributed by atoms with Gasteiger partial charge in [-0.3, -0.25) is 9.97 Å². The van der Waals surface area contributed by atoms with Gasteiger partial charge in [-0.1, -0.05) is 97.1 Å². The standard InChI is InChI=1S/C49H27N11/c1-5-15-32-28(11-1)21-22-50-45(32)34-26-53-48-43(41(34)39-23-29-12-3-8-18-36(29)58-59-39)42(46-33-16-6-2-13-30(33)25-54-60-46)44(49-52-24-31-14-4-7-17-35(31)56-49)47(57-48)40-27-51-37-19-9-10-20-38(37)55-40/h1-27H. The van der Waals surface area contributed by atoms with Gasteiger partial charge < -0.3 is 0 Å². The Hall–Kier alpha value is -8.57. The van der Waals surface area contributed by atoms with Gasteiger partial charge in [0.1, 0.15) is 17.1 Å². The van der Waals surface area contributed by atoms with Crippen LogP contribution in [0.25, 0.3) is 122 Å². The summed E-state index contributed by atoms with van der Waals surface area (Å²) in [6.07, 6.45) is 8.99. The number of rotatable bonds is 5. The van der Waals surface area contributed by atoms with Gasteiger partial charge in [0.2, 0.25) is 0 Å². The van der Waals surface area contributed by atoms with Crippen LogP contribution in [0.3, 0.4) is 0 Å². The third-order valence-corrected chi connectivity index (χ3v) is 10.9. The van der Waals surface area contributed by atoms with Crippen LogP contribution in [0.2, 0.25) is 0 Å². The van der Waals surface area contributed by atoms with Crippen LogP contribution in [-0.2, 0) is 0 Å². The first-order valence-corrected chi connectivity index (χ1v) is 19.3. The Morgan fingerprint density at radius 3 is 1.95 bits per heavy atom. The fraction of sp³-hybridized carbons (Fsp3) is 0. The van der Waals surface area contributed by atoms with E-state index in [0.29, 0.717) is 56.3 Å². The first-order chi connectivity index (χ1) is 29.7. The van der Waals surface area contributed by atoms with E-state index in [1.165, 1.54) is 0 Å². The molecule has 0 atom stereocenters. The molecule has 0 radical (unpaired) electrons. The zero-order chi connectivity index (χ0) is 39.6. The Balaban J connectivity index is 1.32. The van der Waals surface area contributed by atoms with Crippen molar-refractivity contribution in [2.24, 2.45) is 0 Å². The van der Waals surface area contributed by atoms with E-state index in [1.807, 2.05) is 134 Å². The zero-order valence-corrected chi connectivity index (χ0v) is 31.5. The van der Waals surface area contributed by atoms with Gasteiger partial charge in [-0.25, -0.2) is 24.9 Å². The van der Waals surface area contributed by atoms with Gasteiger partial charge in [-0.05, 0) is 41.8 Å². The summed E-state index contributed by atoms with van der Waals surface area (Å²) >= 11 is 0. The molecule has 12 aromatic rings. The van der Waals surface area contributed by atoms with Crippen molar-refractivity contribution in [1.29, 1.82) is 0 Å². The number of benzene rings is 5. The third-order valence-electron chi connectivity index (χ3n) is 10.9. The van der Waals surface area contributed by atoms with E-state index in [9.17, 15) is 0 Å². The van der Waals surface area contributed by atoms with Gasteiger partial charge in [-0.15, -0.1) is 15.3 Å². The van der Waals surface area contributed by atoms with Crippen molar-refractivity contribution in [3.63, 3.8) is 0 Å². The van der Waals surface area contributed by atoms with Crippen LogP contribution in [0.4, 0.5) is 0 Å². The molecule has 0 aliphatic rings. The van der Waals surface area contributed by atoms with E-state index in [0.717, 1.165) is 65.7 Å². The molecule has 11 nitrogen and oxygen atoms in total. The van der Waals surface area contributed by atoms with Crippen molar-refractivity contribution in [2.75, 3.05) is 0 Å². The second-order valence-corrected chi connectivity index (χ2v) is 14.4. The van der Waals surface area contributed by atoms with E-state index in [4.69, 9.17) is 50.2 Å². The molecule has 7 heterocycles. The Kier molecular flexibility index (Phi) is 7.57. The fourth-order valence-electron chi connectivity index (χ4n) is 8.13. The number of hydrogen-bond donors (Lipinski definition) is 0. The average Bonchev–Trinajstić information content (AvgIpc) is 3.32. The monoisotopic (exact) mass is 769 g/mol. The number of fused-ring (bicyclic) bond motifs is 6. The molecule has 60 heavy (non-hydrogen) atoms. The van der Waals surface area contributed by atoms with Gasteiger partial charge >= 0.3 is 0 Å². The summed E-state index contributed by atoms with van der Waals surface area (Å²) in [5.74, 6) is 0.419. The van der Waals surface area contributed by atoms with Crippen LogP contribution in [0, 0.1) is 0 Å². The van der Waals surface area contributed by atoms with Crippen LogP contribution in [0.5, 0.6) is 0 Å². The topological polar surface area (TPSA) is 142 Å². The minimum atomic E-state index is 0.419. The highest BCUT2D eigenvalue weighted by Gasteiger charge is 2.30. The largest absolute Gasteiger partial charge is 0.256 e. The molecule has 7 aromatic heterocycles. The Bertz CT molecular complexity index is 3690. The van der Waals surface area contributed by atoms with Gasteiger partial charge in [0.15, 0.2) is 11.5 Å². The summed E-state index contributed by atoms with van der Waals surface area (Å²) in [6, 6.07) is 43.9. The van der Waals surface area contributed by atoms with Crippen molar-refractivity contribution in [3.05, 3.63) is 164 Å². The highest BCUT2D eigenvalue weighted by atomic mass is 15.1. The molecule has 0 aliphatic carbocycles. The van der Waals surface area contributed by atoms with Crippen LogP contribution in [0.1, 0.15) is 0 Å². The molecule has 0 saturated heterocycles. The fourth-order valence-corrected chi connectivity index (χ4v) is 8.13. The Morgan fingerprint density at radius 1 is 0.367 bits per heavy atom. The van der Waals surface area contributed by atoms with Crippen molar-refractivity contribution in [2.45, 2.75) is 0 Å². The summed E-state index contributed by atoms with van der Waals surface area (Å²) in [5, 5.41) is 25.4. The zero-order valence-electron chi connectivity index (χ0n) is 31.5. The molecule has 0 fully saturated rings. The van der Waals surface area contributed by atoms with Gasteiger partial charge in [0.25, 0.3) is 0 Å². The maximum Gasteiger partial charge on any atom is 0.162 e. The molecule has 0 bridgehead atoms. The summed E-state index contributed by atoms with van der Waals surface area (Å²) in [4.78, 5) is 35.8. The van der Waals surface area contributed by atoms with Crippen LogP contribution in [-0.4, -0.2) is 55.3 Å². The van der Waals surface area contributed by atoms with Crippen LogP contribution in [0.15, 0.2) is 164 Å².